The number of nitrogens with one attached hydrogen (secondary N) is 2. The van der Waals surface area contributed by atoms with Crippen LogP contribution in [0.25, 0.3) is 11.4 Å². The van der Waals surface area contributed by atoms with Gasteiger partial charge in [0.2, 0.25) is 12.7 Å². The van der Waals surface area contributed by atoms with Gasteiger partial charge in [-0.15, -0.1) is 10.2 Å². The number of carbonyl (C=O) groups excluding carboxylic acids is 2. The number of carbonyl (C=O) groups is 2. The smallest absolute Gasteiger partial charge is 0.321 e. The monoisotopic (exact) mass is 479 g/mol. The fraction of sp³-hybridized carbons (Fsp3) is 0.333. The van der Waals surface area contributed by atoms with Gasteiger partial charge < -0.3 is 14.8 Å². The Kier molecular flexibility index (Phi) is 6.66. The van der Waals surface area contributed by atoms with Crippen molar-refractivity contribution in [3.05, 3.63) is 54.1 Å². The summed E-state index contributed by atoms with van der Waals surface area (Å²) in [5.41, 5.74) is 1.91. The fourth-order valence-corrected chi connectivity index (χ4v) is 4.88. The summed E-state index contributed by atoms with van der Waals surface area (Å²) in [5.74, 6) is 1.79. The van der Waals surface area contributed by atoms with Crippen LogP contribution in [0.15, 0.2) is 53.7 Å². The minimum Gasteiger partial charge on any atom is -0.454 e. The van der Waals surface area contributed by atoms with Crippen LogP contribution < -0.4 is 20.1 Å². The minimum atomic E-state index is -0.440. The molecular formula is C24H25N5O4S. The number of hydrogen-bond acceptors (Lipinski definition) is 7. The van der Waals surface area contributed by atoms with E-state index in [-0.39, 0.29) is 24.5 Å². The Morgan fingerprint density at radius 1 is 1.03 bits per heavy atom. The first-order valence-electron chi connectivity index (χ1n) is 11.3. The summed E-state index contributed by atoms with van der Waals surface area (Å²) >= 11 is 1.24. The van der Waals surface area contributed by atoms with Crippen LogP contribution >= 0.6 is 11.8 Å². The number of imide groups is 1. The quantitative estimate of drug-likeness (QED) is 0.499. The molecular weight excluding hydrogens is 454 g/mol. The van der Waals surface area contributed by atoms with Gasteiger partial charge >= 0.3 is 6.03 Å². The van der Waals surface area contributed by atoms with E-state index >= 15 is 0 Å². The number of fused-ring (bicyclic) bond motifs is 1. The third-order valence-electron chi connectivity index (χ3n) is 5.80. The summed E-state index contributed by atoms with van der Waals surface area (Å²) in [6, 6.07) is 15.3. The van der Waals surface area contributed by atoms with Crippen molar-refractivity contribution in [1.82, 2.24) is 25.4 Å². The molecule has 0 unspecified atom stereocenters. The summed E-state index contributed by atoms with van der Waals surface area (Å²) in [4.78, 5) is 24.5. The van der Waals surface area contributed by atoms with Gasteiger partial charge in [-0.1, -0.05) is 61.0 Å². The maximum absolute atomic E-state index is 12.4. The number of ether oxygens (including phenoxy) is 2. The molecule has 3 amide bonds. The average Bonchev–Trinajstić information content (AvgIpc) is 3.59. The van der Waals surface area contributed by atoms with Crippen molar-refractivity contribution < 1.29 is 19.1 Å². The second-order valence-corrected chi connectivity index (χ2v) is 9.18. The van der Waals surface area contributed by atoms with Crippen LogP contribution in [0.4, 0.5) is 4.79 Å². The largest absolute Gasteiger partial charge is 0.454 e. The van der Waals surface area contributed by atoms with Crippen LogP contribution in [0.1, 0.15) is 31.2 Å². The Morgan fingerprint density at radius 2 is 1.82 bits per heavy atom. The summed E-state index contributed by atoms with van der Waals surface area (Å²) in [6.07, 6.45) is 4.14. The average molecular weight is 480 g/mol. The molecule has 3 aromatic rings. The Morgan fingerprint density at radius 3 is 2.65 bits per heavy atom. The molecule has 1 aliphatic heterocycles. The molecule has 5 rings (SSSR count). The minimum absolute atomic E-state index is 0.0478. The van der Waals surface area contributed by atoms with E-state index in [4.69, 9.17) is 9.47 Å². The molecule has 1 fully saturated rings. The van der Waals surface area contributed by atoms with Gasteiger partial charge in [-0.05, 0) is 30.5 Å². The van der Waals surface area contributed by atoms with Gasteiger partial charge in [0.1, 0.15) is 0 Å². The maximum atomic E-state index is 12.4. The maximum Gasteiger partial charge on any atom is 0.321 e. The molecule has 1 aromatic heterocycles. The van der Waals surface area contributed by atoms with Gasteiger partial charge in [-0.3, -0.25) is 14.7 Å². The number of nitrogens with zero attached hydrogens (tertiary/aromatic N) is 3. The molecule has 0 saturated heterocycles. The van der Waals surface area contributed by atoms with Crippen molar-refractivity contribution in [1.29, 1.82) is 0 Å². The van der Waals surface area contributed by atoms with Crippen molar-refractivity contribution in [3.63, 3.8) is 0 Å². The number of thioether (sulfide) groups is 1. The first kappa shape index (κ1) is 22.3. The van der Waals surface area contributed by atoms with Crippen molar-refractivity contribution >= 4 is 23.7 Å². The van der Waals surface area contributed by atoms with E-state index in [9.17, 15) is 9.59 Å². The fourth-order valence-electron chi connectivity index (χ4n) is 4.15. The van der Waals surface area contributed by atoms with Crippen LogP contribution in [0.5, 0.6) is 11.5 Å². The number of amides is 3. The zero-order chi connectivity index (χ0) is 23.3. The van der Waals surface area contributed by atoms with Crippen LogP contribution in [0.3, 0.4) is 0 Å². The van der Waals surface area contributed by atoms with Gasteiger partial charge in [0.05, 0.1) is 12.3 Å². The second-order valence-electron chi connectivity index (χ2n) is 8.24. The highest BCUT2D eigenvalue weighted by Crippen LogP contribution is 2.33. The van der Waals surface area contributed by atoms with Gasteiger partial charge in [0, 0.05) is 11.6 Å². The lowest BCUT2D eigenvalue weighted by Crippen LogP contribution is -2.44. The topological polar surface area (TPSA) is 107 Å². The standard InChI is InChI=1S/C24H25N5O4S/c30-21(26-23(31)25-18-8-4-5-9-18)14-34-24-28-27-22(17-6-2-1-3-7-17)29(24)13-16-10-11-19-20(12-16)33-15-32-19/h1-3,6-7,10-12,18H,4-5,8-9,13-15H2,(H2,25,26,30,31). The third-order valence-corrected chi connectivity index (χ3v) is 6.77. The lowest BCUT2D eigenvalue weighted by Gasteiger charge is -2.13. The summed E-state index contributed by atoms with van der Waals surface area (Å²) < 4.78 is 12.9. The molecule has 34 heavy (non-hydrogen) atoms. The van der Waals surface area contributed by atoms with E-state index in [1.165, 1.54) is 11.8 Å². The first-order chi connectivity index (χ1) is 16.7. The second kappa shape index (κ2) is 10.2. The van der Waals surface area contributed by atoms with Gasteiger partial charge in [0.25, 0.3) is 0 Å². The summed E-state index contributed by atoms with van der Waals surface area (Å²) in [7, 11) is 0. The highest BCUT2D eigenvalue weighted by molar-refractivity contribution is 7.99. The number of hydrogen-bond donors (Lipinski definition) is 2. The van der Waals surface area contributed by atoms with E-state index in [1.54, 1.807) is 0 Å². The molecule has 0 bridgehead atoms. The molecule has 0 spiro atoms. The molecule has 10 heteroatoms. The van der Waals surface area contributed by atoms with E-state index in [2.05, 4.69) is 20.8 Å². The van der Waals surface area contributed by atoms with Crippen molar-refractivity contribution in [3.8, 4) is 22.9 Å². The highest BCUT2D eigenvalue weighted by Gasteiger charge is 2.20. The van der Waals surface area contributed by atoms with Crippen LogP contribution in [-0.4, -0.2) is 45.3 Å². The van der Waals surface area contributed by atoms with Gasteiger partial charge in [-0.2, -0.15) is 0 Å². The SMILES string of the molecule is O=C(CSc1nnc(-c2ccccc2)n1Cc1ccc2c(c1)OCO2)NC(=O)NC1CCCC1. The van der Waals surface area contributed by atoms with Gasteiger partial charge in [0.15, 0.2) is 22.5 Å². The van der Waals surface area contributed by atoms with E-state index < -0.39 is 6.03 Å². The number of benzene rings is 2. The van der Waals surface area contributed by atoms with Crippen LogP contribution in [0, 0.1) is 0 Å². The molecule has 2 heterocycles. The lowest BCUT2D eigenvalue weighted by molar-refractivity contribution is -0.117. The molecule has 1 saturated carbocycles. The molecule has 1 aliphatic carbocycles. The molecule has 9 nitrogen and oxygen atoms in total. The van der Waals surface area contributed by atoms with Crippen molar-refractivity contribution in [2.75, 3.05) is 12.5 Å². The first-order valence-corrected chi connectivity index (χ1v) is 12.2. The molecule has 2 aromatic carbocycles. The summed E-state index contributed by atoms with van der Waals surface area (Å²) in [5, 5.41) is 14.6. The van der Waals surface area contributed by atoms with E-state index in [0.717, 1.165) is 42.6 Å². The molecule has 2 N–H and O–H groups in total. The highest BCUT2D eigenvalue weighted by atomic mass is 32.2. The molecule has 2 aliphatic rings. The van der Waals surface area contributed by atoms with Crippen LogP contribution in [0.2, 0.25) is 0 Å². The Labute approximate surface area is 201 Å². The number of rotatable bonds is 7. The molecule has 176 valence electrons. The van der Waals surface area contributed by atoms with Crippen LogP contribution in [-0.2, 0) is 11.3 Å². The zero-order valence-corrected chi connectivity index (χ0v) is 19.3. The third kappa shape index (κ3) is 5.17. The number of urea groups is 1. The molecule has 0 radical (unpaired) electrons. The van der Waals surface area contributed by atoms with Crippen molar-refractivity contribution in [2.45, 2.75) is 43.4 Å². The normalized spacial score (nSPS) is 14.8. The predicted octanol–water partition coefficient (Wildman–Crippen LogP) is 3.58. The predicted molar refractivity (Wildman–Crippen MR) is 127 cm³/mol. The molecule has 0 atom stereocenters. The Hall–Kier alpha value is -3.53. The van der Waals surface area contributed by atoms with E-state index in [1.807, 2.05) is 53.1 Å². The van der Waals surface area contributed by atoms with Gasteiger partial charge in [-0.25, -0.2) is 4.79 Å². The Balaban J connectivity index is 1.30. The Bertz CT molecular complexity index is 1180. The lowest BCUT2D eigenvalue weighted by atomic mass is 10.2. The van der Waals surface area contributed by atoms with Crippen molar-refractivity contribution in [2.24, 2.45) is 0 Å². The summed E-state index contributed by atoms with van der Waals surface area (Å²) in [6.45, 7) is 0.700. The zero-order valence-electron chi connectivity index (χ0n) is 18.5. The number of aromatic nitrogens is 3. The van der Waals surface area contributed by atoms with E-state index in [0.29, 0.717) is 23.3 Å².